The lowest BCUT2D eigenvalue weighted by Gasteiger charge is -2.34. The fourth-order valence-electron chi connectivity index (χ4n) is 4.47. The molecule has 8 heteroatoms. The number of hydrogen-bond acceptors (Lipinski definition) is 4. The van der Waals surface area contributed by atoms with Crippen LogP contribution in [0.25, 0.3) is 0 Å². The van der Waals surface area contributed by atoms with Crippen LogP contribution in [0.2, 0.25) is 0 Å². The van der Waals surface area contributed by atoms with E-state index < -0.39 is 28.5 Å². The van der Waals surface area contributed by atoms with Crippen LogP contribution in [-0.2, 0) is 32.6 Å². The number of para-hydroxylation sites is 1. The van der Waals surface area contributed by atoms with Crippen molar-refractivity contribution < 1.29 is 18.0 Å². The van der Waals surface area contributed by atoms with Crippen LogP contribution in [0.5, 0.6) is 0 Å². The first-order valence-corrected chi connectivity index (χ1v) is 15.2. The molecule has 0 aliphatic carbocycles. The highest BCUT2D eigenvalue weighted by molar-refractivity contribution is 7.92. The minimum Gasteiger partial charge on any atom is -0.354 e. The van der Waals surface area contributed by atoms with E-state index >= 15 is 0 Å². The summed E-state index contributed by atoms with van der Waals surface area (Å²) in [6, 6.07) is 23.5. The number of carbonyl (C=O) groups excluding carboxylic acids is 2. The third kappa shape index (κ3) is 8.42. The molecule has 0 radical (unpaired) electrons. The summed E-state index contributed by atoms with van der Waals surface area (Å²) < 4.78 is 26.9. The minimum absolute atomic E-state index is 0.176. The molecule has 1 N–H and O–H groups in total. The SMILES string of the molecule is CCCCNC(=O)C(Cc1ccccc1)N(Cc1ccccc1C)C(=O)CN(c1ccccc1C)S(C)(=O)=O. The van der Waals surface area contributed by atoms with Crippen molar-refractivity contribution >= 4 is 27.5 Å². The number of unbranched alkanes of at least 4 members (excludes halogenated alkanes) is 1. The van der Waals surface area contributed by atoms with Crippen LogP contribution in [0, 0.1) is 13.8 Å². The number of nitrogens with zero attached hydrogens (tertiary/aromatic N) is 2. The van der Waals surface area contributed by atoms with Crippen molar-refractivity contribution in [2.75, 3.05) is 23.7 Å². The third-order valence-electron chi connectivity index (χ3n) is 6.77. The van der Waals surface area contributed by atoms with Gasteiger partial charge < -0.3 is 10.2 Å². The van der Waals surface area contributed by atoms with Gasteiger partial charge in [0, 0.05) is 19.5 Å². The molecule has 1 atom stereocenters. The standard InChI is InChI=1S/C31H39N3O4S/c1-5-6-20-32-31(36)29(21-26-16-8-7-9-17-26)33(22-27-18-12-10-14-24(27)2)30(35)23-34(39(4,37)38)28-19-13-11-15-25(28)3/h7-19,29H,5-6,20-23H2,1-4H3,(H,32,36). The van der Waals surface area contributed by atoms with Gasteiger partial charge in [-0.05, 0) is 48.6 Å². The quantitative estimate of drug-likeness (QED) is 0.315. The van der Waals surface area contributed by atoms with Gasteiger partial charge in [0.1, 0.15) is 12.6 Å². The lowest BCUT2D eigenvalue weighted by Crippen LogP contribution is -2.53. The second-order valence-electron chi connectivity index (χ2n) is 9.85. The summed E-state index contributed by atoms with van der Waals surface area (Å²) in [7, 11) is -3.79. The highest BCUT2D eigenvalue weighted by atomic mass is 32.2. The summed E-state index contributed by atoms with van der Waals surface area (Å²) in [5.74, 6) is -0.700. The summed E-state index contributed by atoms with van der Waals surface area (Å²) >= 11 is 0. The molecular formula is C31H39N3O4S. The van der Waals surface area contributed by atoms with E-state index in [1.54, 1.807) is 12.1 Å². The van der Waals surface area contributed by atoms with E-state index in [9.17, 15) is 18.0 Å². The van der Waals surface area contributed by atoms with Crippen LogP contribution < -0.4 is 9.62 Å². The van der Waals surface area contributed by atoms with Gasteiger partial charge in [0.25, 0.3) is 0 Å². The Kier molecular flexibility index (Phi) is 10.7. The maximum atomic E-state index is 14.1. The van der Waals surface area contributed by atoms with Gasteiger partial charge in [-0.15, -0.1) is 0 Å². The van der Waals surface area contributed by atoms with Crippen molar-refractivity contribution in [2.45, 2.75) is 52.6 Å². The molecule has 3 aromatic carbocycles. The molecule has 0 aliphatic rings. The van der Waals surface area contributed by atoms with Gasteiger partial charge in [0.2, 0.25) is 21.8 Å². The minimum atomic E-state index is -3.79. The maximum absolute atomic E-state index is 14.1. The predicted molar refractivity (Wildman–Crippen MR) is 157 cm³/mol. The Bertz CT molecular complexity index is 1360. The molecule has 3 aromatic rings. The Hall–Kier alpha value is -3.65. The Morgan fingerprint density at radius 3 is 2.10 bits per heavy atom. The van der Waals surface area contributed by atoms with Gasteiger partial charge in [0.05, 0.1) is 11.9 Å². The molecule has 0 aliphatic heterocycles. The molecule has 2 amide bonds. The number of nitrogens with one attached hydrogen (secondary N) is 1. The van der Waals surface area contributed by atoms with Gasteiger partial charge in [-0.3, -0.25) is 13.9 Å². The van der Waals surface area contributed by atoms with Crippen LogP contribution in [0.3, 0.4) is 0 Å². The fourth-order valence-corrected chi connectivity index (χ4v) is 5.38. The number of aryl methyl sites for hydroxylation is 2. The molecule has 0 bridgehead atoms. The molecule has 208 valence electrons. The van der Waals surface area contributed by atoms with E-state index in [0.717, 1.165) is 45.7 Å². The molecule has 7 nitrogen and oxygen atoms in total. The normalized spacial score (nSPS) is 12.0. The number of rotatable bonds is 13. The van der Waals surface area contributed by atoms with E-state index in [1.807, 2.05) is 87.5 Å². The Balaban J connectivity index is 2.05. The van der Waals surface area contributed by atoms with E-state index in [4.69, 9.17) is 0 Å². The molecule has 0 spiro atoms. The van der Waals surface area contributed by atoms with Crippen LogP contribution in [-0.4, -0.2) is 50.5 Å². The van der Waals surface area contributed by atoms with Gasteiger partial charge in [-0.2, -0.15) is 0 Å². The van der Waals surface area contributed by atoms with Crippen LogP contribution in [0.15, 0.2) is 78.9 Å². The van der Waals surface area contributed by atoms with Gasteiger partial charge in [0.15, 0.2) is 0 Å². The molecule has 0 heterocycles. The van der Waals surface area contributed by atoms with E-state index in [2.05, 4.69) is 5.32 Å². The van der Waals surface area contributed by atoms with Crippen molar-refractivity contribution in [1.82, 2.24) is 10.2 Å². The summed E-state index contributed by atoms with van der Waals surface area (Å²) in [5, 5.41) is 3.00. The molecule has 0 aromatic heterocycles. The average Bonchev–Trinajstić information content (AvgIpc) is 2.90. The van der Waals surface area contributed by atoms with E-state index in [1.165, 1.54) is 4.90 Å². The smallest absolute Gasteiger partial charge is 0.244 e. The van der Waals surface area contributed by atoms with Crippen LogP contribution >= 0.6 is 0 Å². The first kappa shape index (κ1) is 29.9. The molecule has 39 heavy (non-hydrogen) atoms. The van der Waals surface area contributed by atoms with Crippen molar-refractivity contribution in [3.63, 3.8) is 0 Å². The number of amides is 2. The summed E-state index contributed by atoms with van der Waals surface area (Å²) in [6.07, 6.45) is 3.15. The molecule has 0 fully saturated rings. The second-order valence-corrected chi connectivity index (χ2v) is 11.8. The fraction of sp³-hybridized carbons (Fsp3) is 0.355. The molecule has 0 saturated carbocycles. The van der Waals surface area contributed by atoms with Crippen molar-refractivity contribution in [3.05, 3.63) is 101 Å². The Morgan fingerprint density at radius 1 is 0.872 bits per heavy atom. The zero-order chi connectivity index (χ0) is 28.4. The van der Waals surface area contributed by atoms with Crippen molar-refractivity contribution in [1.29, 1.82) is 0 Å². The number of hydrogen-bond donors (Lipinski definition) is 1. The largest absolute Gasteiger partial charge is 0.354 e. The maximum Gasteiger partial charge on any atom is 0.244 e. The van der Waals surface area contributed by atoms with Gasteiger partial charge in [-0.1, -0.05) is 86.1 Å². The van der Waals surface area contributed by atoms with Crippen LogP contribution in [0.1, 0.15) is 42.0 Å². The third-order valence-corrected chi connectivity index (χ3v) is 7.89. The summed E-state index contributed by atoms with van der Waals surface area (Å²) in [6.45, 7) is 6.08. The topological polar surface area (TPSA) is 86.8 Å². The Labute approximate surface area is 232 Å². The molecule has 0 saturated heterocycles. The molecular weight excluding hydrogens is 510 g/mol. The number of sulfonamides is 1. The highest BCUT2D eigenvalue weighted by Crippen LogP contribution is 2.24. The lowest BCUT2D eigenvalue weighted by molar-refractivity contribution is -0.140. The Morgan fingerprint density at radius 2 is 1.49 bits per heavy atom. The number of carbonyl (C=O) groups is 2. The number of benzene rings is 3. The first-order chi connectivity index (χ1) is 18.6. The first-order valence-electron chi connectivity index (χ1n) is 13.3. The predicted octanol–water partition coefficient (Wildman–Crippen LogP) is 4.63. The summed E-state index contributed by atoms with van der Waals surface area (Å²) in [5.41, 5.74) is 3.97. The zero-order valence-electron chi connectivity index (χ0n) is 23.3. The number of anilines is 1. The average molecular weight is 550 g/mol. The van der Waals surface area contributed by atoms with Crippen LogP contribution in [0.4, 0.5) is 5.69 Å². The lowest BCUT2D eigenvalue weighted by atomic mass is 10.0. The van der Waals surface area contributed by atoms with Gasteiger partial charge >= 0.3 is 0 Å². The molecule has 1 unspecified atom stereocenters. The molecule has 3 rings (SSSR count). The van der Waals surface area contributed by atoms with E-state index in [0.29, 0.717) is 18.7 Å². The van der Waals surface area contributed by atoms with Crippen molar-refractivity contribution in [3.8, 4) is 0 Å². The highest BCUT2D eigenvalue weighted by Gasteiger charge is 2.33. The van der Waals surface area contributed by atoms with Gasteiger partial charge in [-0.25, -0.2) is 8.42 Å². The second kappa shape index (κ2) is 13.9. The van der Waals surface area contributed by atoms with E-state index in [-0.39, 0.29) is 12.5 Å². The monoisotopic (exact) mass is 549 g/mol. The zero-order valence-corrected chi connectivity index (χ0v) is 24.1. The summed E-state index contributed by atoms with van der Waals surface area (Å²) in [4.78, 5) is 29.3. The van der Waals surface area contributed by atoms with Crippen molar-refractivity contribution in [2.24, 2.45) is 0 Å².